The number of hydrogen-bond donors (Lipinski definition) is 1. The number of carbonyl (C=O) groups is 2. The van der Waals surface area contributed by atoms with Crippen LogP contribution in [0.3, 0.4) is 0 Å². The maximum Gasteiger partial charge on any atom is 0.286 e. The van der Waals surface area contributed by atoms with Crippen LogP contribution in [0.15, 0.2) is 0 Å². The van der Waals surface area contributed by atoms with Crippen LogP contribution in [0.25, 0.3) is 0 Å². The van der Waals surface area contributed by atoms with E-state index in [9.17, 15) is 9.59 Å². The highest BCUT2D eigenvalue weighted by molar-refractivity contribution is 7.83. The number of carbonyl (C=O) groups excluding carboxylic acids is 2. The molecule has 0 aromatic rings. The number of amides is 2. The molecule has 1 N–H and O–H groups in total. The van der Waals surface area contributed by atoms with E-state index in [1.54, 1.807) is 0 Å². The quantitative estimate of drug-likeness (QED) is 0.507. The SMILES string of the molecule is CN1C(=O)C(=S)NC(=O)C1=S. The van der Waals surface area contributed by atoms with Crippen LogP contribution < -0.4 is 5.32 Å². The third kappa shape index (κ3) is 1.26. The normalized spacial score (nSPS) is 18.8. The summed E-state index contributed by atoms with van der Waals surface area (Å²) in [6.45, 7) is 0. The Kier molecular flexibility index (Phi) is 1.97. The van der Waals surface area contributed by atoms with Gasteiger partial charge in [0.1, 0.15) is 0 Å². The highest BCUT2D eigenvalue weighted by Gasteiger charge is 2.29. The molecule has 1 rings (SSSR count). The van der Waals surface area contributed by atoms with Crippen LogP contribution in [0, 0.1) is 0 Å². The predicted octanol–water partition coefficient (Wildman–Crippen LogP) is -0.771. The minimum Gasteiger partial charge on any atom is -0.306 e. The van der Waals surface area contributed by atoms with Crippen molar-refractivity contribution in [2.24, 2.45) is 0 Å². The lowest BCUT2D eigenvalue weighted by molar-refractivity contribution is -0.124. The lowest BCUT2D eigenvalue weighted by Gasteiger charge is -2.22. The Morgan fingerprint density at radius 1 is 1.36 bits per heavy atom. The van der Waals surface area contributed by atoms with E-state index in [0.29, 0.717) is 0 Å². The fourth-order valence-corrected chi connectivity index (χ4v) is 0.970. The smallest absolute Gasteiger partial charge is 0.286 e. The minimum atomic E-state index is -0.493. The second kappa shape index (κ2) is 2.63. The highest BCUT2D eigenvalue weighted by atomic mass is 32.1. The monoisotopic (exact) mass is 188 g/mol. The van der Waals surface area contributed by atoms with Crippen LogP contribution in [-0.4, -0.2) is 33.7 Å². The molecule has 11 heavy (non-hydrogen) atoms. The van der Waals surface area contributed by atoms with E-state index in [0.717, 1.165) is 4.90 Å². The highest BCUT2D eigenvalue weighted by Crippen LogP contribution is 1.97. The van der Waals surface area contributed by atoms with Crippen molar-refractivity contribution in [1.82, 2.24) is 10.2 Å². The molecular formula is C5H4N2O2S2. The number of nitrogens with one attached hydrogen (secondary N) is 1. The number of hydrogen-bond acceptors (Lipinski definition) is 4. The Bertz CT molecular complexity index is 248. The van der Waals surface area contributed by atoms with E-state index < -0.39 is 11.8 Å². The fourth-order valence-electron chi connectivity index (χ4n) is 0.607. The maximum absolute atomic E-state index is 11.0. The van der Waals surface area contributed by atoms with Crippen LogP contribution in [-0.2, 0) is 9.59 Å². The summed E-state index contributed by atoms with van der Waals surface area (Å²) in [7, 11) is 1.41. The molecule has 1 heterocycles. The van der Waals surface area contributed by atoms with Gasteiger partial charge in [0.25, 0.3) is 11.8 Å². The van der Waals surface area contributed by atoms with E-state index in [1.807, 2.05) is 0 Å². The number of piperazine rings is 1. The fraction of sp³-hybridized carbons (Fsp3) is 0.200. The van der Waals surface area contributed by atoms with Crippen LogP contribution in [0.2, 0.25) is 0 Å². The molecule has 0 saturated carbocycles. The van der Waals surface area contributed by atoms with Crippen LogP contribution >= 0.6 is 24.4 Å². The number of thiocarbonyl (C=S) groups is 2. The lowest BCUT2D eigenvalue weighted by atomic mass is 10.4. The summed E-state index contributed by atoms with van der Waals surface area (Å²) >= 11 is 9.17. The molecule has 0 spiro atoms. The van der Waals surface area contributed by atoms with Gasteiger partial charge in [-0.3, -0.25) is 14.5 Å². The Morgan fingerprint density at radius 3 is 2.45 bits per heavy atom. The third-order valence-corrected chi connectivity index (χ3v) is 1.96. The zero-order chi connectivity index (χ0) is 8.59. The van der Waals surface area contributed by atoms with E-state index in [4.69, 9.17) is 0 Å². The molecule has 6 heteroatoms. The molecular weight excluding hydrogens is 184 g/mol. The first-order valence-electron chi connectivity index (χ1n) is 2.71. The zero-order valence-corrected chi connectivity index (χ0v) is 7.21. The van der Waals surface area contributed by atoms with Gasteiger partial charge in [0.15, 0.2) is 9.98 Å². The van der Waals surface area contributed by atoms with Crippen molar-refractivity contribution < 1.29 is 9.59 Å². The first-order chi connectivity index (χ1) is 5.04. The van der Waals surface area contributed by atoms with Crippen molar-refractivity contribution >= 4 is 46.2 Å². The first kappa shape index (κ1) is 8.22. The molecule has 0 radical (unpaired) electrons. The van der Waals surface area contributed by atoms with E-state index >= 15 is 0 Å². The molecule has 58 valence electrons. The van der Waals surface area contributed by atoms with Gasteiger partial charge in [-0.05, 0) is 0 Å². The van der Waals surface area contributed by atoms with Gasteiger partial charge in [-0.1, -0.05) is 24.4 Å². The molecule has 0 bridgehead atoms. The Hall–Kier alpha value is -0.880. The van der Waals surface area contributed by atoms with Gasteiger partial charge < -0.3 is 5.32 Å². The third-order valence-electron chi connectivity index (χ3n) is 1.22. The van der Waals surface area contributed by atoms with Crippen molar-refractivity contribution in [2.75, 3.05) is 7.05 Å². The summed E-state index contributed by atoms with van der Waals surface area (Å²) in [4.78, 5) is 22.7. The largest absolute Gasteiger partial charge is 0.306 e. The van der Waals surface area contributed by atoms with E-state index in [-0.39, 0.29) is 9.98 Å². The summed E-state index contributed by atoms with van der Waals surface area (Å²) in [5.41, 5.74) is 0. The second-order valence-electron chi connectivity index (χ2n) is 1.95. The number of nitrogens with zero attached hydrogens (tertiary/aromatic N) is 1. The lowest BCUT2D eigenvalue weighted by Crippen LogP contribution is -2.55. The van der Waals surface area contributed by atoms with E-state index in [2.05, 4.69) is 29.8 Å². The number of likely N-dealkylation sites (N-methyl/N-ethyl adjacent to an activating group) is 1. The Morgan fingerprint density at radius 2 is 1.91 bits per heavy atom. The van der Waals surface area contributed by atoms with Crippen molar-refractivity contribution in [2.45, 2.75) is 0 Å². The van der Waals surface area contributed by atoms with Gasteiger partial charge in [0.2, 0.25) is 0 Å². The van der Waals surface area contributed by atoms with Gasteiger partial charge in [-0.2, -0.15) is 0 Å². The topological polar surface area (TPSA) is 49.4 Å². The molecule has 1 aliphatic heterocycles. The molecule has 0 aliphatic carbocycles. The summed E-state index contributed by atoms with van der Waals surface area (Å²) in [6.07, 6.45) is 0. The second-order valence-corrected chi connectivity index (χ2v) is 2.75. The van der Waals surface area contributed by atoms with Gasteiger partial charge in [0.05, 0.1) is 0 Å². The average molecular weight is 188 g/mol. The standard InChI is InChI=1S/C5H4N2O2S2/c1-7-4(9)3(10)6-2(8)5(7)11/h1H3,(H,6,8,10). The molecule has 4 nitrogen and oxygen atoms in total. The zero-order valence-electron chi connectivity index (χ0n) is 5.58. The Balaban J connectivity index is 2.96. The van der Waals surface area contributed by atoms with E-state index in [1.165, 1.54) is 7.05 Å². The molecule has 0 atom stereocenters. The van der Waals surface area contributed by atoms with Gasteiger partial charge in [0, 0.05) is 7.05 Å². The number of rotatable bonds is 0. The Labute approximate surface area is 73.5 Å². The van der Waals surface area contributed by atoms with Crippen molar-refractivity contribution in [3.8, 4) is 0 Å². The van der Waals surface area contributed by atoms with Crippen LogP contribution in [0.1, 0.15) is 0 Å². The molecule has 0 aromatic carbocycles. The molecule has 0 unspecified atom stereocenters. The maximum atomic E-state index is 11.0. The van der Waals surface area contributed by atoms with Crippen LogP contribution in [0.4, 0.5) is 0 Å². The average Bonchev–Trinajstić information content (AvgIpc) is 1.97. The summed E-state index contributed by atoms with van der Waals surface area (Å²) < 4.78 is 0. The van der Waals surface area contributed by atoms with Crippen molar-refractivity contribution in [3.63, 3.8) is 0 Å². The summed E-state index contributed by atoms with van der Waals surface area (Å²) in [5, 5.41) is 2.17. The molecule has 1 aliphatic rings. The molecule has 1 fully saturated rings. The summed E-state index contributed by atoms with van der Waals surface area (Å²) in [5.74, 6) is -0.934. The van der Waals surface area contributed by atoms with Gasteiger partial charge in [-0.25, -0.2) is 0 Å². The first-order valence-corrected chi connectivity index (χ1v) is 3.53. The molecule has 2 amide bonds. The van der Waals surface area contributed by atoms with Crippen LogP contribution in [0.5, 0.6) is 0 Å². The minimum absolute atomic E-state index is 0.0522. The van der Waals surface area contributed by atoms with Crippen molar-refractivity contribution in [3.05, 3.63) is 0 Å². The molecule has 1 saturated heterocycles. The predicted molar refractivity (Wildman–Crippen MR) is 46.1 cm³/mol. The van der Waals surface area contributed by atoms with Gasteiger partial charge >= 0.3 is 0 Å². The summed E-state index contributed by atoms with van der Waals surface area (Å²) in [6, 6.07) is 0. The molecule has 0 aromatic heterocycles. The van der Waals surface area contributed by atoms with Gasteiger partial charge in [-0.15, -0.1) is 0 Å². The van der Waals surface area contributed by atoms with Crippen molar-refractivity contribution in [1.29, 1.82) is 0 Å².